The van der Waals surface area contributed by atoms with E-state index in [-0.39, 0.29) is 0 Å². The fraction of sp³-hybridized carbons (Fsp3) is 0.222. The fourth-order valence-electron chi connectivity index (χ4n) is 1.35. The Morgan fingerprint density at radius 3 is 2.79 bits per heavy atom. The number of hydrogen-bond donors (Lipinski definition) is 0. The molecular formula is C9H9N3O2. The smallest absolute Gasteiger partial charge is 0.264 e. The van der Waals surface area contributed by atoms with E-state index in [0.717, 1.165) is 10.3 Å². The van der Waals surface area contributed by atoms with Crippen molar-refractivity contribution in [2.75, 3.05) is 0 Å². The van der Waals surface area contributed by atoms with Crippen LogP contribution in [0.15, 0.2) is 22.9 Å². The van der Waals surface area contributed by atoms with E-state index >= 15 is 0 Å². The maximum Gasteiger partial charge on any atom is 0.264 e. The van der Waals surface area contributed by atoms with Gasteiger partial charge in [0.25, 0.3) is 11.5 Å². The largest absolute Gasteiger partial charge is 0.618 e. The quantitative estimate of drug-likeness (QED) is 0.498. The van der Waals surface area contributed by atoms with Gasteiger partial charge in [0.1, 0.15) is 6.20 Å². The molecule has 0 aromatic carbocycles. The monoisotopic (exact) mass is 191 g/mol. The number of rotatable bonds is 1. The molecule has 0 aliphatic heterocycles. The maximum atomic E-state index is 11.6. The summed E-state index contributed by atoms with van der Waals surface area (Å²) in [5.41, 5.74) is 2.06. The predicted molar refractivity (Wildman–Crippen MR) is 48.2 cm³/mol. The fourth-order valence-corrected chi connectivity index (χ4v) is 1.35. The van der Waals surface area contributed by atoms with Gasteiger partial charge in [-0.1, -0.05) is 0 Å². The Hall–Kier alpha value is -1.91. The molecule has 2 aromatic heterocycles. The first-order valence-electron chi connectivity index (χ1n) is 4.17. The highest BCUT2D eigenvalue weighted by molar-refractivity contribution is 5.47. The van der Waals surface area contributed by atoms with Gasteiger partial charge in [0.2, 0.25) is 0 Å². The van der Waals surface area contributed by atoms with Crippen LogP contribution >= 0.6 is 0 Å². The molecule has 0 saturated heterocycles. The zero-order valence-corrected chi connectivity index (χ0v) is 7.89. The van der Waals surface area contributed by atoms with Crippen LogP contribution in [0.5, 0.6) is 0 Å². The highest BCUT2D eigenvalue weighted by Crippen LogP contribution is 2.15. The van der Waals surface area contributed by atoms with E-state index in [0.29, 0.717) is 17.1 Å². The van der Waals surface area contributed by atoms with Gasteiger partial charge in [-0.3, -0.25) is 0 Å². The first kappa shape index (κ1) is 8.68. The van der Waals surface area contributed by atoms with E-state index in [1.807, 2.05) is 6.92 Å². The Kier molecular flexibility index (Phi) is 1.92. The number of aryl methyl sites for hydroxylation is 2. The van der Waals surface area contributed by atoms with E-state index in [1.165, 1.54) is 6.20 Å². The van der Waals surface area contributed by atoms with Crippen molar-refractivity contribution in [2.45, 2.75) is 13.8 Å². The summed E-state index contributed by atoms with van der Waals surface area (Å²) in [5, 5.41) is 18.5. The molecule has 0 bridgehead atoms. The van der Waals surface area contributed by atoms with Crippen LogP contribution in [0.3, 0.4) is 0 Å². The summed E-state index contributed by atoms with van der Waals surface area (Å²) in [6, 6.07) is 3.54. The van der Waals surface area contributed by atoms with Crippen molar-refractivity contribution in [2.24, 2.45) is 0 Å². The van der Waals surface area contributed by atoms with Crippen LogP contribution < -0.4 is 4.73 Å². The number of pyridine rings is 1. The van der Waals surface area contributed by atoms with Crippen molar-refractivity contribution >= 4 is 0 Å². The summed E-state index contributed by atoms with van der Waals surface area (Å²) in [6.45, 7) is 3.66. The lowest BCUT2D eigenvalue weighted by atomic mass is 10.2. The molecule has 2 heterocycles. The van der Waals surface area contributed by atoms with Crippen LogP contribution in [-0.2, 0) is 0 Å². The normalized spacial score (nSPS) is 10.4. The standard InChI is InChI=1S/C9H9N3O2/c1-6-3-7(2)12(13)8(4-6)9-5-10-11-14-9/h3-5H,1-2H3. The van der Waals surface area contributed by atoms with Crippen molar-refractivity contribution in [3.63, 3.8) is 0 Å². The number of hydrogen-bond acceptors (Lipinski definition) is 4. The molecule has 14 heavy (non-hydrogen) atoms. The Bertz CT molecular complexity index is 451. The van der Waals surface area contributed by atoms with Gasteiger partial charge < -0.3 is 9.73 Å². The highest BCUT2D eigenvalue weighted by atomic mass is 16.5. The summed E-state index contributed by atoms with van der Waals surface area (Å²) in [5.74, 6) is 0.381. The molecule has 0 spiro atoms. The van der Waals surface area contributed by atoms with Gasteiger partial charge in [0.05, 0.1) is 0 Å². The van der Waals surface area contributed by atoms with E-state index in [4.69, 9.17) is 4.52 Å². The van der Waals surface area contributed by atoms with E-state index in [1.54, 1.807) is 19.1 Å². The average molecular weight is 191 g/mol. The Morgan fingerprint density at radius 1 is 1.36 bits per heavy atom. The Labute approximate surface area is 80.5 Å². The van der Waals surface area contributed by atoms with E-state index in [9.17, 15) is 5.21 Å². The summed E-state index contributed by atoms with van der Waals surface area (Å²) in [6.07, 6.45) is 1.42. The van der Waals surface area contributed by atoms with Gasteiger partial charge in [-0.25, -0.2) is 0 Å². The van der Waals surface area contributed by atoms with Crippen molar-refractivity contribution in [1.29, 1.82) is 0 Å². The predicted octanol–water partition coefficient (Wildman–Crippen LogP) is 0.987. The van der Waals surface area contributed by atoms with Crippen LogP contribution in [0, 0.1) is 19.1 Å². The summed E-state index contributed by atoms with van der Waals surface area (Å²) < 4.78 is 5.63. The van der Waals surface area contributed by atoms with Gasteiger partial charge in [0.15, 0.2) is 5.69 Å². The zero-order valence-electron chi connectivity index (χ0n) is 7.89. The van der Waals surface area contributed by atoms with Gasteiger partial charge in [-0.15, -0.1) is 5.10 Å². The first-order valence-corrected chi connectivity index (χ1v) is 4.17. The van der Waals surface area contributed by atoms with Crippen molar-refractivity contribution in [1.82, 2.24) is 10.4 Å². The molecule has 0 aliphatic rings. The van der Waals surface area contributed by atoms with Crippen LogP contribution in [0.2, 0.25) is 0 Å². The average Bonchev–Trinajstić information content (AvgIpc) is 2.63. The van der Waals surface area contributed by atoms with E-state index in [2.05, 4.69) is 10.4 Å². The minimum absolute atomic E-state index is 0.381. The lowest BCUT2D eigenvalue weighted by molar-refractivity contribution is -0.601. The molecule has 0 amide bonds. The number of aromatic nitrogens is 3. The molecule has 5 nitrogen and oxygen atoms in total. The maximum absolute atomic E-state index is 11.6. The zero-order chi connectivity index (χ0) is 10.1. The third-order valence-electron chi connectivity index (χ3n) is 1.95. The summed E-state index contributed by atoms with van der Waals surface area (Å²) in [4.78, 5) is 0. The van der Waals surface area contributed by atoms with Crippen LogP contribution in [-0.4, -0.2) is 10.4 Å². The van der Waals surface area contributed by atoms with Crippen LogP contribution in [0.25, 0.3) is 11.5 Å². The molecular weight excluding hydrogens is 182 g/mol. The van der Waals surface area contributed by atoms with Gasteiger partial charge in [-0.05, 0) is 12.5 Å². The van der Waals surface area contributed by atoms with Crippen molar-refractivity contribution in [3.8, 4) is 11.5 Å². The summed E-state index contributed by atoms with van der Waals surface area (Å²) in [7, 11) is 0. The third kappa shape index (κ3) is 1.32. The van der Waals surface area contributed by atoms with Gasteiger partial charge >= 0.3 is 0 Å². The van der Waals surface area contributed by atoms with Crippen molar-refractivity contribution in [3.05, 3.63) is 34.8 Å². The molecule has 0 fully saturated rings. The molecule has 0 radical (unpaired) electrons. The summed E-state index contributed by atoms with van der Waals surface area (Å²) >= 11 is 0. The third-order valence-corrected chi connectivity index (χ3v) is 1.95. The Balaban J connectivity index is 2.64. The molecule has 0 saturated carbocycles. The lowest BCUT2D eigenvalue weighted by Crippen LogP contribution is -2.32. The highest BCUT2D eigenvalue weighted by Gasteiger charge is 2.15. The number of nitrogens with zero attached hydrogens (tertiary/aromatic N) is 3. The molecule has 0 unspecified atom stereocenters. The minimum atomic E-state index is 0.381. The van der Waals surface area contributed by atoms with Crippen LogP contribution in [0.1, 0.15) is 11.3 Å². The minimum Gasteiger partial charge on any atom is -0.618 e. The van der Waals surface area contributed by atoms with Gasteiger partial charge in [0, 0.05) is 24.3 Å². The molecule has 5 heteroatoms. The molecule has 0 atom stereocenters. The van der Waals surface area contributed by atoms with Crippen molar-refractivity contribution < 1.29 is 9.25 Å². The SMILES string of the molecule is Cc1cc(C)[n+]([O-])c(-c2cnno2)c1. The van der Waals surface area contributed by atoms with Gasteiger partial charge in [-0.2, -0.15) is 4.73 Å². The van der Waals surface area contributed by atoms with Crippen LogP contribution in [0.4, 0.5) is 0 Å². The second-order valence-corrected chi connectivity index (χ2v) is 3.14. The molecule has 2 rings (SSSR count). The topological polar surface area (TPSA) is 65.9 Å². The molecule has 0 aliphatic carbocycles. The second-order valence-electron chi connectivity index (χ2n) is 3.14. The first-order chi connectivity index (χ1) is 6.68. The van der Waals surface area contributed by atoms with E-state index < -0.39 is 0 Å². The molecule has 2 aromatic rings. The second kappa shape index (κ2) is 3.10. The molecule has 0 N–H and O–H groups in total. The molecule has 72 valence electrons. The lowest BCUT2D eigenvalue weighted by Gasteiger charge is -2.05. The Morgan fingerprint density at radius 2 is 2.14 bits per heavy atom.